The number of rotatable bonds is 5. The number of benzene rings is 2. The first-order chi connectivity index (χ1) is 16.2. The molecule has 2 saturated heterocycles. The minimum absolute atomic E-state index is 0.293. The quantitative estimate of drug-likeness (QED) is 0.721. The first-order valence-electron chi connectivity index (χ1n) is 12.4. The molecule has 1 amide bonds. The number of carbonyl (C=O) groups excluding carboxylic acids is 1. The topological polar surface area (TPSA) is 59.4 Å². The Balaban J connectivity index is 1.29. The Labute approximate surface area is 197 Å². The fourth-order valence-electron chi connectivity index (χ4n) is 5.49. The Hall–Kier alpha value is -2.72. The summed E-state index contributed by atoms with van der Waals surface area (Å²) in [6.45, 7) is 8.06. The number of nitrogens with zero attached hydrogens (tertiary/aromatic N) is 4. The van der Waals surface area contributed by atoms with Crippen molar-refractivity contribution >= 4 is 11.6 Å². The fourth-order valence-corrected chi connectivity index (χ4v) is 5.49. The second-order valence-electron chi connectivity index (χ2n) is 9.74. The standard InChI is InChI=1S/C27H34N5O/c28-20-22-4-6-23(7-5-22)24-8-10-26(11-9-24)32(18-12-29-13-19-32)21-27(33)31-16-14-30(15-17-31)25-2-1-3-25/h4-11,25,29H,1-3,12-19,21H2/q+1. The molecule has 6 nitrogen and oxygen atoms in total. The van der Waals surface area contributed by atoms with Crippen LogP contribution in [0, 0.1) is 11.3 Å². The van der Waals surface area contributed by atoms with E-state index in [1.807, 2.05) is 24.3 Å². The zero-order chi connectivity index (χ0) is 22.7. The zero-order valence-corrected chi connectivity index (χ0v) is 19.4. The molecule has 2 aliphatic heterocycles. The van der Waals surface area contributed by atoms with Gasteiger partial charge in [-0.3, -0.25) is 14.2 Å². The summed E-state index contributed by atoms with van der Waals surface area (Å²) in [5.74, 6) is 0.293. The molecule has 3 aliphatic rings. The zero-order valence-electron chi connectivity index (χ0n) is 19.4. The smallest absolute Gasteiger partial charge is 0.278 e. The molecule has 0 radical (unpaired) electrons. The maximum absolute atomic E-state index is 13.4. The molecule has 5 rings (SSSR count). The number of hydrogen-bond donors (Lipinski definition) is 1. The van der Waals surface area contributed by atoms with Gasteiger partial charge in [-0.05, 0) is 60.4 Å². The predicted octanol–water partition coefficient (Wildman–Crippen LogP) is 2.83. The summed E-state index contributed by atoms with van der Waals surface area (Å²) in [7, 11) is 0. The first kappa shape index (κ1) is 22.1. The molecule has 3 fully saturated rings. The predicted molar refractivity (Wildman–Crippen MR) is 132 cm³/mol. The highest BCUT2D eigenvalue weighted by Gasteiger charge is 2.37. The number of hydrogen-bond acceptors (Lipinski definition) is 4. The van der Waals surface area contributed by atoms with E-state index in [1.165, 1.54) is 24.9 Å². The monoisotopic (exact) mass is 444 g/mol. The summed E-state index contributed by atoms with van der Waals surface area (Å²) in [4.78, 5) is 18.1. The molecule has 6 heteroatoms. The van der Waals surface area contributed by atoms with Crippen LogP contribution in [0.5, 0.6) is 0 Å². The van der Waals surface area contributed by atoms with Crippen molar-refractivity contribution in [3.8, 4) is 17.2 Å². The number of nitriles is 1. The van der Waals surface area contributed by atoms with Gasteiger partial charge in [0, 0.05) is 45.3 Å². The van der Waals surface area contributed by atoms with Crippen molar-refractivity contribution in [2.75, 3.05) is 58.9 Å². The second kappa shape index (κ2) is 9.64. The van der Waals surface area contributed by atoms with Gasteiger partial charge in [0.15, 0.2) is 6.54 Å². The van der Waals surface area contributed by atoms with Gasteiger partial charge >= 0.3 is 0 Å². The molecule has 2 aromatic carbocycles. The van der Waals surface area contributed by atoms with E-state index in [0.717, 1.165) is 74.0 Å². The van der Waals surface area contributed by atoms with Gasteiger partial charge in [-0.2, -0.15) is 5.26 Å². The summed E-state index contributed by atoms with van der Waals surface area (Å²) in [6.07, 6.45) is 4.03. The van der Waals surface area contributed by atoms with Crippen LogP contribution in [-0.4, -0.2) is 80.7 Å². The van der Waals surface area contributed by atoms with Crippen LogP contribution in [0.15, 0.2) is 48.5 Å². The van der Waals surface area contributed by atoms with Crippen LogP contribution in [0.1, 0.15) is 24.8 Å². The van der Waals surface area contributed by atoms with Gasteiger partial charge in [0.1, 0.15) is 5.69 Å². The molecular formula is C27H34N5O+. The number of amides is 1. The molecule has 172 valence electrons. The maximum atomic E-state index is 13.4. The Kier molecular flexibility index (Phi) is 6.45. The van der Waals surface area contributed by atoms with Gasteiger partial charge in [0.2, 0.25) is 0 Å². The third kappa shape index (κ3) is 4.67. The van der Waals surface area contributed by atoms with Gasteiger partial charge in [0.05, 0.1) is 24.7 Å². The summed E-state index contributed by atoms with van der Waals surface area (Å²) in [5, 5.41) is 12.5. The summed E-state index contributed by atoms with van der Waals surface area (Å²) in [6, 6.07) is 19.3. The van der Waals surface area contributed by atoms with Gasteiger partial charge in [-0.1, -0.05) is 18.6 Å². The molecule has 0 unspecified atom stereocenters. The lowest BCUT2D eigenvalue weighted by Crippen LogP contribution is -2.64. The Morgan fingerprint density at radius 3 is 2.09 bits per heavy atom. The van der Waals surface area contributed by atoms with Crippen molar-refractivity contribution < 1.29 is 4.79 Å². The molecule has 0 bridgehead atoms. The Morgan fingerprint density at radius 2 is 1.55 bits per heavy atom. The minimum atomic E-state index is 0.293. The number of quaternary nitrogens is 1. The highest BCUT2D eigenvalue weighted by molar-refractivity contribution is 5.81. The van der Waals surface area contributed by atoms with Crippen molar-refractivity contribution in [1.29, 1.82) is 5.26 Å². The molecule has 0 spiro atoms. The van der Waals surface area contributed by atoms with Crippen LogP contribution < -0.4 is 9.80 Å². The van der Waals surface area contributed by atoms with Gasteiger partial charge in [-0.25, -0.2) is 0 Å². The van der Waals surface area contributed by atoms with Gasteiger partial charge in [-0.15, -0.1) is 0 Å². The van der Waals surface area contributed by atoms with Crippen molar-refractivity contribution in [3.63, 3.8) is 0 Å². The maximum Gasteiger partial charge on any atom is 0.278 e. The van der Waals surface area contributed by atoms with Crippen LogP contribution in [0.4, 0.5) is 5.69 Å². The molecular weight excluding hydrogens is 410 g/mol. The molecule has 2 aromatic rings. The molecule has 1 N–H and O–H groups in total. The molecule has 1 saturated carbocycles. The van der Waals surface area contributed by atoms with E-state index in [-0.39, 0.29) is 0 Å². The molecule has 2 heterocycles. The van der Waals surface area contributed by atoms with E-state index < -0.39 is 0 Å². The molecule has 0 aromatic heterocycles. The van der Waals surface area contributed by atoms with Gasteiger partial charge < -0.3 is 10.2 Å². The van der Waals surface area contributed by atoms with E-state index in [1.54, 1.807) is 0 Å². The van der Waals surface area contributed by atoms with Crippen LogP contribution in [0.2, 0.25) is 0 Å². The van der Waals surface area contributed by atoms with Crippen LogP contribution in [0.25, 0.3) is 11.1 Å². The van der Waals surface area contributed by atoms with Crippen LogP contribution in [-0.2, 0) is 4.79 Å². The SMILES string of the molecule is N#Cc1ccc(-c2ccc([N+]3(CC(=O)N4CCN(C5CCC5)CC4)CCNCC3)cc2)cc1. The Bertz CT molecular complexity index is 992. The van der Waals surface area contributed by atoms with Crippen molar-refractivity contribution in [3.05, 3.63) is 54.1 Å². The highest BCUT2D eigenvalue weighted by Crippen LogP contribution is 2.29. The normalized spacial score (nSPS) is 21.2. The average molecular weight is 445 g/mol. The molecule has 1 aliphatic carbocycles. The number of piperazine rings is 2. The lowest BCUT2D eigenvalue weighted by molar-refractivity contribution is -0.134. The Morgan fingerprint density at radius 1 is 0.939 bits per heavy atom. The lowest BCUT2D eigenvalue weighted by Gasteiger charge is -2.45. The van der Waals surface area contributed by atoms with Crippen LogP contribution in [0.3, 0.4) is 0 Å². The van der Waals surface area contributed by atoms with Crippen molar-refractivity contribution in [2.24, 2.45) is 0 Å². The van der Waals surface area contributed by atoms with E-state index in [0.29, 0.717) is 18.0 Å². The van der Waals surface area contributed by atoms with Crippen molar-refractivity contribution in [2.45, 2.75) is 25.3 Å². The minimum Gasteiger partial charge on any atom is -0.335 e. The van der Waals surface area contributed by atoms with E-state index in [2.05, 4.69) is 45.5 Å². The van der Waals surface area contributed by atoms with E-state index in [4.69, 9.17) is 5.26 Å². The second-order valence-corrected chi connectivity index (χ2v) is 9.74. The van der Waals surface area contributed by atoms with E-state index in [9.17, 15) is 4.79 Å². The average Bonchev–Trinajstić information content (AvgIpc) is 2.84. The highest BCUT2D eigenvalue weighted by atomic mass is 16.2. The third-order valence-electron chi connectivity index (χ3n) is 7.89. The largest absolute Gasteiger partial charge is 0.335 e. The summed E-state index contributed by atoms with van der Waals surface area (Å²) < 4.78 is 0.725. The first-order valence-corrected chi connectivity index (χ1v) is 12.4. The van der Waals surface area contributed by atoms with E-state index >= 15 is 0 Å². The third-order valence-corrected chi connectivity index (χ3v) is 7.89. The fraction of sp³-hybridized carbons (Fsp3) is 0.481. The summed E-state index contributed by atoms with van der Waals surface area (Å²) in [5.41, 5.74) is 4.13. The lowest BCUT2D eigenvalue weighted by atomic mass is 9.91. The van der Waals surface area contributed by atoms with Gasteiger partial charge in [0.25, 0.3) is 5.91 Å². The number of carbonyl (C=O) groups is 1. The van der Waals surface area contributed by atoms with Crippen LogP contribution >= 0.6 is 0 Å². The number of nitrogens with one attached hydrogen (secondary N) is 1. The van der Waals surface area contributed by atoms with Crippen molar-refractivity contribution in [1.82, 2.24) is 19.6 Å². The molecule has 33 heavy (non-hydrogen) atoms. The molecule has 0 atom stereocenters. The summed E-state index contributed by atoms with van der Waals surface area (Å²) >= 11 is 0.